The van der Waals surface area contributed by atoms with Crippen LogP contribution < -0.4 is 0 Å². The lowest BCUT2D eigenvalue weighted by molar-refractivity contribution is 1.42. The predicted molar refractivity (Wildman–Crippen MR) is 145 cm³/mol. The zero-order valence-corrected chi connectivity index (χ0v) is 21.5. The number of nitrogens with zero attached hydrogens (tertiary/aromatic N) is 6. The Morgan fingerprint density at radius 1 is 0.632 bits per heavy atom. The summed E-state index contributed by atoms with van der Waals surface area (Å²) in [6.45, 7) is 0. The van der Waals surface area contributed by atoms with Crippen molar-refractivity contribution in [3.63, 3.8) is 0 Å². The van der Waals surface area contributed by atoms with Crippen LogP contribution in [0.1, 0.15) is 9.75 Å². The van der Waals surface area contributed by atoms with E-state index in [9.17, 15) is 31.6 Å². The van der Waals surface area contributed by atoms with Gasteiger partial charge in [-0.15, -0.1) is 22.7 Å². The fraction of sp³-hybridized carbons (Fsp3) is 0. The number of rotatable bonds is 5. The quantitative estimate of drug-likeness (QED) is 0.257. The molecule has 0 aliphatic heterocycles. The second-order valence-electron chi connectivity index (χ2n) is 7.48. The summed E-state index contributed by atoms with van der Waals surface area (Å²) >= 11 is 8.62. The maximum atomic E-state index is 9.56. The van der Waals surface area contributed by atoms with Gasteiger partial charge in [0.25, 0.3) is 0 Å². The van der Waals surface area contributed by atoms with Crippen molar-refractivity contribution in [1.82, 2.24) is 4.98 Å². The molecule has 0 atom stereocenters. The summed E-state index contributed by atoms with van der Waals surface area (Å²) in [5.74, 6) is 0. The molecule has 4 aromatic rings. The predicted octanol–water partition coefficient (Wildman–Crippen LogP) is 7.44. The summed E-state index contributed by atoms with van der Waals surface area (Å²) in [5, 5.41) is 56.5. The Bertz CT molecular complexity index is 1860. The molecular weight excluding hydrogens is 534 g/mol. The number of thiophene rings is 2. The van der Waals surface area contributed by atoms with Crippen LogP contribution in [0, 0.1) is 68.0 Å². The lowest BCUT2D eigenvalue weighted by Crippen LogP contribution is -1.82. The van der Waals surface area contributed by atoms with Gasteiger partial charge in [-0.3, -0.25) is 0 Å². The molecule has 0 radical (unpaired) electrons. The third-order valence-corrected chi connectivity index (χ3v) is 7.87. The molecule has 176 valence electrons. The molecule has 0 amide bonds. The fourth-order valence-electron chi connectivity index (χ4n) is 3.60. The van der Waals surface area contributed by atoms with Crippen LogP contribution in [0.5, 0.6) is 0 Å². The molecule has 38 heavy (non-hydrogen) atoms. The molecule has 0 bridgehead atoms. The Morgan fingerprint density at radius 3 is 1.63 bits per heavy atom. The van der Waals surface area contributed by atoms with Crippen molar-refractivity contribution < 1.29 is 0 Å². The molecule has 0 saturated carbocycles. The zero-order chi connectivity index (χ0) is 27.2. The summed E-state index contributed by atoms with van der Waals surface area (Å²) in [5.41, 5.74) is 2.70. The van der Waals surface area contributed by atoms with Crippen LogP contribution in [-0.2, 0) is 0 Å². The lowest BCUT2D eigenvalue weighted by atomic mass is 10.0. The van der Waals surface area contributed by atoms with Crippen LogP contribution in [0.15, 0.2) is 65.7 Å². The first-order chi connectivity index (χ1) is 18.5. The number of hydrogen-bond acceptors (Lipinski definition) is 8. The molecule has 0 aliphatic rings. The second kappa shape index (κ2) is 11.1. The molecule has 10 heteroatoms. The maximum absolute atomic E-state index is 9.56. The highest BCUT2D eigenvalue weighted by Gasteiger charge is 2.19. The summed E-state index contributed by atoms with van der Waals surface area (Å²) in [4.78, 5) is 5.93. The van der Waals surface area contributed by atoms with Crippen molar-refractivity contribution in [2.24, 2.45) is 0 Å². The van der Waals surface area contributed by atoms with Crippen LogP contribution in [0.2, 0.25) is 5.02 Å². The number of halogens is 1. The normalized spacial score (nSPS) is 9.55. The van der Waals surface area contributed by atoms with Crippen LogP contribution >= 0.6 is 34.3 Å². The lowest BCUT2D eigenvalue weighted by Gasteiger charge is -2.03. The fourth-order valence-corrected chi connectivity index (χ4v) is 5.73. The molecule has 0 aliphatic carbocycles. The molecule has 1 N–H and O–H groups in total. The zero-order valence-electron chi connectivity index (χ0n) is 19.1. The largest absolute Gasteiger partial charge is 0.353 e. The average molecular weight is 544 g/mol. The summed E-state index contributed by atoms with van der Waals surface area (Å²) in [7, 11) is 0. The minimum Gasteiger partial charge on any atom is -0.353 e. The Morgan fingerprint density at radius 2 is 1.13 bits per heavy atom. The van der Waals surface area contributed by atoms with Crippen molar-refractivity contribution >= 4 is 45.4 Å². The third-order valence-electron chi connectivity index (χ3n) is 5.36. The first kappa shape index (κ1) is 25.7. The van der Waals surface area contributed by atoms with E-state index in [1.807, 2.05) is 30.3 Å². The smallest absolute Gasteiger partial charge is 0.148 e. The number of nitriles is 6. The van der Waals surface area contributed by atoms with Gasteiger partial charge in [0.1, 0.15) is 47.6 Å². The van der Waals surface area contributed by atoms with Crippen LogP contribution in [0.3, 0.4) is 0 Å². The van der Waals surface area contributed by atoms with Crippen molar-refractivity contribution in [2.45, 2.75) is 0 Å². The Hall–Kier alpha value is -5.39. The minimum atomic E-state index is -0.257. The first-order valence-electron chi connectivity index (χ1n) is 10.6. The van der Waals surface area contributed by atoms with E-state index in [1.165, 1.54) is 22.7 Å². The number of aromatic nitrogens is 1. The van der Waals surface area contributed by atoms with Gasteiger partial charge in [0.05, 0.1) is 32.3 Å². The van der Waals surface area contributed by atoms with Gasteiger partial charge in [-0.05, 0) is 48.0 Å². The highest BCUT2D eigenvalue weighted by atomic mass is 35.5. The Balaban J connectivity index is 1.88. The van der Waals surface area contributed by atoms with E-state index in [4.69, 9.17) is 11.6 Å². The van der Waals surface area contributed by atoms with E-state index in [-0.39, 0.29) is 22.3 Å². The SMILES string of the molecule is N#CC(C#N)=C(C#N)c1ccc(-c2cc(-c3ccc(Cl)cc3)c(-c3ccc(C(C#N)=C(C#N)C#N)s3)[nH]2)s1. The minimum absolute atomic E-state index is 0.00980. The number of benzene rings is 1. The average Bonchev–Trinajstić information content (AvgIpc) is 3.70. The standard InChI is InChI=1S/C28H10ClN7S2/c29-19-3-1-16(2-4-19)20-9-23(26-7-5-24(37-26)21(14-34)17(10-30)11-31)36-28(20)27-8-6-25(38-27)22(15-35)18(12-32)13-33/h1-9,36H. The van der Waals surface area contributed by atoms with Crippen molar-refractivity contribution in [1.29, 1.82) is 31.6 Å². The van der Waals surface area contributed by atoms with Crippen molar-refractivity contribution in [3.8, 4) is 68.7 Å². The highest BCUT2D eigenvalue weighted by molar-refractivity contribution is 7.17. The van der Waals surface area contributed by atoms with Gasteiger partial charge in [0.2, 0.25) is 0 Å². The van der Waals surface area contributed by atoms with Gasteiger partial charge in [-0.1, -0.05) is 23.7 Å². The molecule has 1 aromatic carbocycles. The molecule has 3 heterocycles. The Labute approximate surface area is 230 Å². The molecule has 4 rings (SSSR count). The van der Waals surface area contributed by atoms with Crippen molar-refractivity contribution in [2.75, 3.05) is 0 Å². The molecule has 0 spiro atoms. The summed E-state index contributed by atoms with van der Waals surface area (Å²) < 4.78 is 0. The van der Waals surface area contributed by atoms with Gasteiger partial charge in [0.15, 0.2) is 0 Å². The number of aromatic amines is 1. The van der Waals surface area contributed by atoms with Gasteiger partial charge in [-0.2, -0.15) is 31.6 Å². The van der Waals surface area contributed by atoms with E-state index in [0.29, 0.717) is 14.8 Å². The summed E-state index contributed by atoms with van der Waals surface area (Å²) in [6, 6.07) is 27.2. The monoisotopic (exact) mass is 543 g/mol. The molecule has 0 saturated heterocycles. The molecule has 7 nitrogen and oxygen atoms in total. The van der Waals surface area contributed by atoms with E-state index >= 15 is 0 Å². The van der Waals surface area contributed by atoms with Crippen molar-refractivity contribution in [3.05, 3.63) is 80.5 Å². The number of H-pyrrole nitrogens is 1. The summed E-state index contributed by atoms with van der Waals surface area (Å²) in [6.07, 6.45) is 0. The van der Waals surface area contributed by atoms with E-state index < -0.39 is 0 Å². The third kappa shape index (κ3) is 4.82. The van der Waals surface area contributed by atoms with Crippen LogP contribution in [0.25, 0.3) is 43.4 Å². The van der Waals surface area contributed by atoms with Gasteiger partial charge in [0, 0.05) is 20.3 Å². The van der Waals surface area contributed by atoms with Gasteiger partial charge in [-0.25, -0.2) is 0 Å². The Kier molecular flexibility index (Phi) is 7.52. The second-order valence-corrected chi connectivity index (χ2v) is 10.1. The number of nitrogens with one attached hydrogen (secondary N) is 1. The van der Waals surface area contributed by atoms with E-state index in [2.05, 4.69) is 4.98 Å². The topological polar surface area (TPSA) is 159 Å². The molecular formula is C28H10ClN7S2. The van der Waals surface area contributed by atoms with Gasteiger partial charge >= 0.3 is 0 Å². The molecule has 3 aromatic heterocycles. The molecule has 0 fully saturated rings. The maximum Gasteiger partial charge on any atom is 0.148 e. The van der Waals surface area contributed by atoms with E-state index in [0.717, 1.165) is 32.3 Å². The first-order valence-corrected chi connectivity index (χ1v) is 12.6. The van der Waals surface area contributed by atoms with E-state index in [1.54, 1.807) is 60.7 Å². The van der Waals surface area contributed by atoms with Crippen LogP contribution in [0.4, 0.5) is 0 Å². The number of hydrogen-bond donors (Lipinski definition) is 1. The molecule has 0 unspecified atom stereocenters. The highest BCUT2D eigenvalue weighted by Crippen LogP contribution is 2.42. The van der Waals surface area contributed by atoms with Crippen LogP contribution in [-0.4, -0.2) is 4.98 Å². The van der Waals surface area contributed by atoms with Gasteiger partial charge < -0.3 is 4.98 Å². The number of allylic oxidation sites excluding steroid dienone is 4.